The second kappa shape index (κ2) is 4.90. The lowest BCUT2D eigenvalue weighted by Gasteiger charge is -2.20. The Morgan fingerprint density at radius 2 is 1.88 bits per heavy atom. The van der Waals surface area contributed by atoms with E-state index in [0.29, 0.717) is 16.6 Å². The van der Waals surface area contributed by atoms with Gasteiger partial charge in [0.25, 0.3) is 0 Å². The van der Waals surface area contributed by atoms with Gasteiger partial charge in [-0.1, -0.05) is 12.1 Å². The minimum absolute atomic E-state index is 0.356. The van der Waals surface area contributed by atoms with Crippen LogP contribution in [-0.2, 0) is 4.74 Å². The van der Waals surface area contributed by atoms with Crippen LogP contribution in [0.15, 0.2) is 18.2 Å². The van der Waals surface area contributed by atoms with Crippen molar-refractivity contribution in [1.29, 1.82) is 0 Å². The lowest BCUT2D eigenvalue weighted by atomic mass is 9.79. The molecule has 0 aliphatic rings. The summed E-state index contributed by atoms with van der Waals surface area (Å²) in [5.41, 5.74) is 0.905. The molecule has 0 fully saturated rings. The molecule has 1 aromatic rings. The second-order valence-electron chi connectivity index (χ2n) is 4.95. The Bertz CT molecular complexity index is 421. The van der Waals surface area contributed by atoms with E-state index in [1.807, 2.05) is 0 Å². The maximum atomic E-state index is 11.8. The van der Waals surface area contributed by atoms with E-state index in [-0.39, 0.29) is 0 Å². The standard InChI is InChI=1S/C12H17BO4/c1-8-7-9(13(15)16)5-6-10(8)11(14)17-12(2,3)4/h5-7,15-16H,1-4H3. The quantitative estimate of drug-likeness (QED) is 0.583. The third kappa shape index (κ3) is 3.87. The molecule has 0 heterocycles. The number of aryl methyl sites for hydroxylation is 1. The maximum absolute atomic E-state index is 11.8. The number of hydrogen-bond acceptors (Lipinski definition) is 4. The Labute approximate surface area is 101 Å². The molecule has 4 nitrogen and oxygen atoms in total. The van der Waals surface area contributed by atoms with E-state index < -0.39 is 18.7 Å². The summed E-state index contributed by atoms with van der Waals surface area (Å²) < 4.78 is 5.24. The molecular weight excluding hydrogens is 219 g/mol. The molecule has 2 N–H and O–H groups in total. The number of esters is 1. The Kier molecular flexibility index (Phi) is 3.96. The summed E-state index contributed by atoms with van der Waals surface area (Å²) in [4.78, 5) is 11.8. The third-order valence-electron chi connectivity index (χ3n) is 2.17. The molecule has 0 aliphatic heterocycles. The zero-order valence-corrected chi connectivity index (χ0v) is 10.5. The largest absolute Gasteiger partial charge is 0.488 e. The molecule has 0 spiro atoms. The predicted octanol–water partition coefficient (Wildman–Crippen LogP) is 0.630. The molecule has 0 amide bonds. The monoisotopic (exact) mass is 236 g/mol. The van der Waals surface area contributed by atoms with E-state index in [2.05, 4.69) is 0 Å². The van der Waals surface area contributed by atoms with E-state index in [1.165, 1.54) is 12.1 Å². The maximum Gasteiger partial charge on any atom is 0.488 e. The van der Waals surface area contributed by atoms with Gasteiger partial charge in [-0.2, -0.15) is 0 Å². The summed E-state index contributed by atoms with van der Waals surface area (Å²) in [6.45, 7) is 7.12. The average molecular weight is 236 g/mol. The zero-order valence-electron chi connectivity index (χ0n) is 10.5. The minimum Gasteiger partial charge on any atom is -0.456 e. The van der Waals surface area contributed by atoms with Gasteiger partial charge >= 0.3 is 13.1 Å². The molecule has 92 valence electrons. The van der Waals surface area contributed by atoms with Crippen molar-refractivity contribution in [3.05, 3.63) is 29.3 Å². The molecule has 17 heavy (non-hydrogen) atoms. The molecule has 0 saturated heterocycles. The van der Waals surface area contributed by atoms with Crippen LogP contribution < -0.4 is 5.46 Å². The van der Waals surface area contributed by atoms with E-state index in [1.54, 1.807) is 33.8 Å². The van der Waals surface area contributed by atoms with E-state index in [4.69, 9.17) is 14.8 Å². The van der Waals surface area contributed by atoms with Crippen LogP contribution in [0.2, 0.25) is 0 Å². The number of rotatable bonds is 2. The lowest BCUT2D eigenvalue weighted by Crippen LogP contribution is -2.31. The fourth-order valence-electron chi connectivity index (χ4n) is 1.41. The van der Waals surface area contributed by atoms with Crippen molar-refractivity contribution in [3.8, 4) is 0 Å². The van der Waals surface area contributed by atoms with Gasteiger partial charge in [-0.25, -0.2) is 4.79 Å². The zero-order chi connectivity index (χ0) is 13.2. The Morgan fingerprint density at radius 1 is 1.29 bits per heavy atom. The van der Waals surface area contributed by atoms with Gasteiger partial charge in [-0.15, -0.1) is 0 Å². The van der Waals surface area contributed by atoms with Crippen LogP contribution in [0.4, 0.5) is 0 Å². The second-order valence-corrected chi connectivity index (χ2v) is 4.95. The van der Waals surface area contributed by atoms with Crippen molar-refractivity contribution in [2.45, 2.75) is 33.3 Å². The highest BCUT2D eigenvalue weighted by molar-refractivity contribution is 6.58. The van der Waals surface area contributed by atoms with Gasteiger partial charge in [0.05, 0.1) is 5.56 Å². The van der Waals surface area contributed by atoms with Gasteiger partial charge in [-0.05, 0) is 44.8 Å². The molecule has 1 aromatic carbocycles. The molecule has 0 aromatic heterocycles. The van der Waals surface area contributed by atoms with Gasteiger partial charge in [0.1, 0.15) is 5.60 Å². The van der Waals surface area contributed by atoms with Gasteiger partial charge in [0.15, 0.2) is 0 Å². The first kappa shape index (κ1) is 13.7. The highest BCUT2D eigenvalue weighted by atomic mass is 16.6. The first-order valence-electron chi connectivity index (χ1n) is 5.41. The molecule has 0 aliphatic carbocycles. The van der Waals surface area contributed by atoms with Gasteiger partial charge in [0, 0.05) is 0 Å². The number of carbonyl (C=O) groups is 1. The molecular formula is C12H17BO4. The van der Waals surface area contributed by atoms with Crippen LogP contribution in [0.5, 0.6) is 0 Å². The summed E-state index contributed by atoms with van der Waals surface area (Å²) in [5, 5.41) is 18.0. The molecule has 0 saturated carbocycles. The SMILES string of the molecule is Cc1cc(B(O)O)ccc1C(=O)OC(C)(C)C. The Morgan fingerprint density at radius 3 is 2.29 bits per heavy atom. The normalized spacial score (nSPS) is 11.2. The van der Waals surface area contributed by atoms with E-state index >= 15 is 0 Å². The van der Waals surface area contributed by atoms with Crippen LogP contribution in [0.3, 0.4) is 0 Å². The molecule has 1 rings (SSSR count). The number of carbonyl (C=O) groups excluding carboxylic acids is 1. The van der Waals surface area contributed by atoms with E-state index in [9.17, 15) is 4.79 Å². The first-order chi connectivity index (χ1) is 7.70. The van der Waals surface area contributed by atoms with Crippen LogP contribution in [0.25, 0.3) is 0 Å². The molecule has 0 radical (unpaired) electrons. The van der Waals surface area contributed by atoms with E-state index in [0.717, 1.165) is 0 Å². The van der Waals surface area contributed by atoms with Crippen LogP contribution >= 0.6 is 0 Å². The topological polar surface area (TPSA) is 66.8 Å². The summed E-state index contributed by atoms with van der Waals surface area (Å²) in [6.07, 6.45) is 0. The number of benzene rings is 1. The Hall–Kier alpha value is -1.33. The minimum atomic E-state index is -1.53. The first-order valence-corrected chi connectivity index (χ1v) is 5.41. The lowest BCUT2D eigenvalue weighted by molar-refractivity contribution is 0.00687. The number of hydrogen-bond donors (Lipinski definition) is 2. The van der Waals surface area contributed by atoms with Gasteiger partial charge in [-0.3, -0.25) is 0 Å². The summed E-state index contributed by atoms with van der Waals surface area (Å²) >= 11 is 0. The Balaban J connectivity index is 2.96. The van der Waals surface area contributed by atoms with Gasteiger partial charge < -0.3 is 14.8 Å². The highest BCUT2D eigenvalue weighted by Gasteiger charge is 2.20. The molecule has 0 unspecified atom stereocenters. The average Bonchev–Trinajstić information content (AvgIpc) is 2.14. The molecule has 0 bridgehead atoms. The van der Waals surface area contributed by atoms with Crippen LogP contribution in [-0.4, -0.2) is 28.7 Å². The molecule has 0 atom stereocenters. The summed E-state index contributed by atoms with van der Waals surface area (Å²) in [7, 11) is -1.53. The van der Waals surface area contributed by atoms with Crippen molar-refractivity contribution in [1.82, 2.24) is 0 Å². The fraction of sp³-hybridized carbons (Fsp3) is 0.417. The van der Waals surface area contributed by atoms with Gasteiger partial charge in [0.2, 0.25) is 0 Å². The third-order valence-corrected chi connectivity index (χ3v) is 2.17. The smallest absolute Gasteiger partial charge is 0.456 e. The van der Waals surface area contributed by atoms with Crippen molar-refractivity contribution >= 4 is 18.6 Å². The highest BCUT2D eigenvalue weighted by Crippen LogP contribution is 2.14. The summed E-state index contributed by atoms with van der Waals surface area (Å²) in [5.74, 6) is -0.408. The van der Waals surface area contributed by atoms with Crippen LogP contribution in [0.1, 0.15) is 36.7 Å². The van der Waals surface area contributed by atoms with Crippen molar-refractivity contribution in [2.75, 3.05) is 0 Å². The summed E-state index contributed by atoms with van der Waals surface area (Å²) in [6, 6.07) is 4.60. The predicted molar refractivity (Wildman–Crippen MR) is 66.2 cm³/mol. The van der Waals surface area contributed by atoms with Crippen molar-refractivity contribution < 1.29 is 19.6 Å². The number of ether oxygens (including phenoxy) is 1. The molecule has 5 heteroatoms. The van der Waals surface area contributed by atoms with Crippen molar-refractivity contribution in [3.63, 3.8) is 0 Å². The van der Waals surface area contributed by atoms with Crippen LogP contribution in [0, 0.1) is 6.92 Å². The fourth-order valence-corrected chi connectivity index (χ4v) is 1.41. The van der Waals surface area contributed by atoms with Crippen molar-refractivity contribution in [2.24, 2.45) is 0 Å².